The number of benzene rings is 1. The molecule has 0 bridgehead atoms. The number of aromatic nitrogens is 2. The molecule has 1 saturated heterocycles. The van der Waals surface area contributed by atoms with E-state index in [0.29, 0.717) is 52.8 Å². The van der Waals surface area contributed by atoms with Crippen LogP contribution in [0.4, 0.5) is 13.2 Å². The Labute approximate surface area is 150 Å². The van der Waals surface area contributed by atoms with Crippen molar-refractivity contribution in [1.82, 2.24) is 9.13 Å². The molecular formula is C17H15F3N2O5. The summed E-state index contributed by atoms with van der Waals surface area (Å²) >= 11 is 0. The van der Waals surface area contributed by atoms with Crippen LogP contribution in [0.15, 0.2) is 33.9 Å². The van der Waals surface area contributed by atoms with Gasteiger partial charge in [-0.1, -0.05) is 0 Å². The summed E-state index contributed by atoms with van der Waals surface area (Å²) in [7, 11) is 0.966. The van der Waals surface area contributed by atoms with Crippen LogP contribution < -0.4 is 16.0 Å². The zero-order valence-corrected chi connectivity index (χ0v) is 14.2. The van der Waals surface area contributed by atoms with Crippen molar-refractivity contribution < 1.29 is 27.4 Å². The SMILES string of the molecule is Cn1c(C(F)(F)F)cc(=O)n(-c2ccc3c(c2)C2(CCO3)OCCO2)c1=O. The predicted molar refractivity (Wildman–Crippen MR) is 86.0 cm³/mol. The van der Waals surface area contributed by atoms with Crippen molar-refractivity contribution in [2.75, 3.05) is 19.8 Å². The predicted octanol–water partition coefficient (Wildman–Crippen LogP) is 1.54. The zero-order chi connectivity index (χ0) is 19.4. The Hall–Kier alpha value is -2.59. The molecule has 1 fully saturated rings. The number of alkyl halides is 3. The molecule has 0 unspecified atom stereocenters. The first-order valence-electron chi connectivity index (χ1n) is 8.19. The maximum absolute atomic E-state index is 13.0. The minimum atomic E-state index is -4.81. The molecule has 144 valence electrons. The fourth-order valence-corrected chi connectivity index (χ4v) is 3.40. The number of hydrogen-bond donors (Lipinski definition) is 0. The summed E-state index contributed by atoms with van der Waals surface area (Å²) in [5.74, 6) is -0.562. The van der Waals surface area contributed by atoms with Gasteiger partial charge in [0.05, 0.1) is 31.1 Å². The van der Waals surface area contributed by atoms with E-state index in [2.05, 4.69) is 0 Å². The highest BCUT2D eigenvalue weighted by atomic mass is 19.4. The Morgan fingerprint density at radius 3 is 2.44 bits per heavy atom. The van der Waals surface area contributed by atoms with E-state index in [1.165, 1.54) is 12.1 Å². The minimum Gasteiger partial charge on any atom is -0.493 e. The molecule has 0 amide bonds. The summed E-state index contributed by atoms with van der Waals surface area (Å²) in [6, 6.07) is 4.86. The monoisotopic (exact) mass is 384 g/mol. The van der Waals surface area contributed by atoms with E-state index < -0.39 is 28.9 Å². The topological polar surface area (TPSA) is 71.7 Å². The Balaban J connectivity index is 1.90. The van der Waals surface area contributed by atoms with E-state index in [1.54, 1.807) is 6.07 Å². The number of fused-ring (bicyclic) bond motifs is 2. The first kappa shape index (κ1) is 17.8. The summed E-state index contributed by atoms with van der Waals surface area (Å²) in [6.45, 7) is 1.13. The highest BCUT2D eigenvalue weighted by Crippen LogP contribution is 2.43. The fraction of sp³-hybridized carbons (Fsp3) is 0.412. The van der Waals surface area contributed by atoms with Crippen LogP contribution in [0.5, 0.6) is 5.75 Å². The van der Waals surface area contributed by atoms with Crippen LogP contribution in [0, 0.1) is 0 Å². The number of nitrogens with zero attached hydrogens (tertiary/aromatic N) is 2. The molecule has 2 aliphatic heterocycles. The maximum atomic E-state index is 13.0. The lowest BCUT2D eigenvalue weighted by Crippen LogP contribution is -2.41. The number of rotatable bonds is 1. The molecule has 2 aliphatic rings. The van der Waals surface area contributed by atoms with Crippen LogP contribution in [0.1, 0.15) is 17.7 Å². The molecule has 27 heavy (non-hydrogen) atoms. The summed E-state index contributed by atoms with van der Waals surface area (Å²) in [5.41, 5.74) is -2.89. The molecule has 0 N–H and O–H groups in total. The van der Waals surface area contributed by atoms with Gasteiger partial charge < -0.3 is 14.2 Å². The van der Waals surface area contributed by atoms with Crippen molar-refractivity contribution >= 4 is 0 Å². The van der Waals surface area contributed by atoms with Crippen molar-refractivity contribution in [2.24, 2.45) is 7.05 Å². The average molecular weight is 384 g/mol. The second-order valence-corrected chi connectivity index (χ2v) is 6.27. The van der Waals surface area contributed by atoms with E-state index in [4.69, 9.17) is 14.2 Å². The zero-order valence-electron chi connectivity index (χ0n) is 14.2. The number of hydrogen-bond acceptors (Lipinski definition) is 5. The second kappa shape index (κ2) is 5.96. The molecule has 0 atom stereocenters. The quantitative estimate of drug-likeness (QED) is 0.746. The van der Waals surface area contributed by atoms with Gasteiger partial charge in [-0.2, -0.15) is 13.2 Å². The Morgan fingerprint density at radius 1 is 1.07 bits per heavy atom. The van der Waals surface area contributed by atoms with E-state index in [-0.39, 0.29) is 5.69 Å². The molecular weight excluding hydrogens is 369 g/mol. The van der Waals surface area contributed by atoms with E-state index >= 15 is 0 Å². The van der Waals surface area contributed by atoms with Gasteiger partial charge in [-0.25, -0.2) is 9.36 Å². The van der Waals surface area contributed by atoms with Gasteiger partial charge in [0.1, 0.15) is 11.4 Å². The standard InChI is InChI=1S/C17H15F3N2O5/c1-21-13(17(18,19)20)9-14(23)22(15(21)24)10-2-3-12-11(8-10)16(4-5-25-12)26-6-7-27-16/h2-3,8-9H,4-7H2,1H3. The largest absolute Gasteiger partial charge is 0.493 e. The van der Waals surface area contributed by atoms with Gasteiger partial charge in [0.2, 0.25) is 5.79 Å². The molecule has 1 spiro atoms. The molecule has 3 heterocycles. The molecule has 1 aromatic carbocycles. The second-order valence-electron chi connectivity index (χ2n) is 6.27. The third kappa shape index (κ3) is 2.76. The van der Waals surface area contributed by atoms with Crippen molar-refractivity contribution in [3.63, 3.8) is 0 Å². The van der Waals surface area contributed by atoms with Crippen LogP contribution in [0.25, 0.3) is 5.69 Å². The molecule has 0 saturated carbocycles. The first-order valence-corrected chi connectivity index (χ1v) is 8.19. The highest BCUT2D eigenvalue weighted by Gasteiger charge is 2.43. The van der Waals surface area contributed by atoms with Crippen LogP contribution in [-0.4, -0.2) is 29.0 Å². The van der Waals surface area contributed by atoms with Crippen molar-refractivity contribution in [2.45, 2.75) is 18.4 Å². The van der Waals surface area contributed by atoms with E-state index in [9.17, 15) is 22.8 Å². The Kier molecular flexibility index (Phi) is 3.93. The smallest absolute Gasteiger partial charge is 0.431 e. The molecule has 10 heteroatoms. The summed E-state index contributed by atoms with van der Waals surface area (Å²) in [4.78, 5) is 24.8. The van der Waals surface area contributed by atoms with Crippen molar-refractivity contribution in [1.29, 1.82) is 0 Å². The summed E-state index contributed by atoms with van der Waals surface area (Å²) in [5, 5.41) is 0. The average Bonchev–Trinajstić information content (AvgIpc) is 3.07. The number of ether oxygens (including phenoxy) is 3. The summed E-state index contributed by atoms with van der Waals surface area (Å²) in [6.07, 6.45) is -4.39. The molecule has 0 radical (unpaired) electrons. The van der Waals surface area contributed by atoms with Crippen molar-refractivity contribution in [3.05, 3.63) is 56.4 Å². The molecule has 2 aromatic rings. The number of halogens is 3. The van der Waals surface area contributed by atoms with Crippen LogP contribution in [0.3, 0.4) is 0 Å². The van der Waals surface area contributed by atoms with Crippen LogP contribution in [0.2, 0.25) is 0 Å². The van der Waals surface area contributed by atoms with Gasteiger partial charge in [0.15, 0.2) is 0 Å². The lowest BCUT2D eigenvalue weighted by molar-refractivity contribution is -0.183. The lowest BCUT2D eigenvalue weighted by Gasteiger charge is -2.33. The Morgan fingerprint density at radius 2 is 1.78 bits per heavy atom. The van der Waals surface area contributed by atoms with E-state index in [1.807, 2.05) is 0 Å². The minimum absolute atomic E-state index is 0.108. The molecule has 7 nitrogen and oxygen atoms in total. The van der Waals surface area contributed by atoms with Gasteiger partial charge in [-0.15, -0.1) is 0 Å². The Bertz CT molecular complexity index is 1020. The van der Waals surface area contributed by atoms with Gasteiger partial charge in [-0.05, 0) is 18.2 Å². The summed E-state index contributed by atoms with van der Waals surface area (Å²) < 4.78 is 57.1. The highest BCUT2D eigenvalue weighted by molar-refractivity contribution is 5.47. The molecule has 4 rings (SSSR count). The maximum Gasteiger partial charge on any atom is 0.431 e. The first-order chi connectivity index (χ1) is 12.7. The van der Waals surface area contributed by atoms with Gasteiger partial charge >= 0.3 is 11.9 Å². The lowest BCUT2D eigenvalue weighted by atomic mass is 9.98. The van der Waals surface area contributed by atoms with Gasteiger partial charge in [0, 0.05) is 19.5 Å². The molecule has 0 aliphatic carbocycles. The third-order valence-corrected chi connectivity index (χ3v) is 4.68. The van der Waals surface area contributed by atoms with E-state index in [0.717, 1.165) is 7.05 Å². The van der Waals surface area contributed by atoms with Gasteiger partial charge in [-0.3, -0.25) is 9.36 Å². The normalized spacial score (nSPS) is 18.4. The van der Waals surface area contributed by atoms with Crippen LogP contribution >= 0.6 is 0 Å². The van der Waals surface area contributed by atoms with Crippen molar-refractivity contribution in [3.8, 4) is 11.4 Å². The molecule has 1 aromatic heterocycles. The van der Waals surface area contributed by atoms with Crippen LogP contribution in [-0.2, 0) is 28.5 Å². The fourth-order valence-electron chi connectivity index (χ4n) is 3.40. The van der Waals surface area contributed by atoms with Gasteiger partial charge in [0.25, 0.3) is 5.56 Å². The third-order valence-electron chi connectivity index (χ3n) is 4.68.